The van der Waals surface area contributed by atoms with E-state index in [1.54, 1.807) is 12.1 Å². The normalized spacial score (nSPS) is 17.2. The van der Waals surface area contributed by atoms with Crippen LogP contribution < -0.4 is 4.74 Å². The van der Waals surface area contributed by atoms with Crippen molar-refractivity contribution >= 4 is 5.78 Å². The second-order valence-corrected chi connectivity index (χ2v) is 7.51. The van der Waals surface area contributed by atoms with Gasteiger partial charge in [0.2, 0.25) is 0 Å². The highest BCUT2D eigenvalue weighted by atomic mass is 16.5. The molecule has 5 rings (SSSR count). The van der Waals surface area contributed by atoms with Crippen molar-refractivity contribution in [1.82, 2.24) is 0 Å². The summed E-state index contributed by atoms with van der Waals surface area (Å²) in [7, 11) is 0. The van der Waals surface area contributed by atoms with Crippen LogP contribution in [0, 0.1) is 0 Å². The molecule has 0 radical (unpaired) electrons. The number of carbonyl (C=O) groups excluding carboxylic acids is 1. The summed E-state index contributed by atoms with van der Waals surface area (Å²) >= 11 is 0. The molecule has 1 aliphatic heterocycles. The third kappa shape index (κ3) is 2.87. The van der Waals surface area contributed by atoms with E-state index in [-0.39, 0.29) is 18.1 Å². The molecule has 4 aromatic rings. The maximum Gasteiger partial charge on any atom is 0.181 e. The van der Waals surface area contributed by atoms with Crippen LogP contribution in [0.2, 0.25) is 0 Å². The number of phenolic OH excluding ortho intramolecular Hbond substituents is 1. The highest BCUT2D eigenvalue weighted by Crippen LogP contribution is 2.45. The maximum absolute atomic E-state index is 13.8. The summed E-state index contributed by atoms with van der Waals surface area (Å²) in [5.41, 5.74) is 3.62. The number of phenols is 1. The van der Waals surface area contributed by atoms with E-state index in [1.807, 2.05) is 91.0 Å². The van der Waals surface area contributed by atoms with Crippen molar-refractivity contribution in [1.29, 1.82) is 0 Å². The van der Waals surface area contributed by atoms with Gasteiger partial charge in [-0.05, 0) is 34.9 Å². The first kappa shape index (κ1) is 18.2. The van der Waals surface area contributed by atoms with Crippen molar-refractivity contribution in [2.75, 3.05) is 6.61 Å². The summed E-state index contributed by atoms with van der Waals surface area (Å²) in [6.45, 7) is 0.276. The molecule has 1 aliphatic rings. The maximum atomic E-state index is 13.8. The van der Waals surface area contributed by atoms with Gasteiger partial charge in [-0.25, -0.2) is 0 Å². The second-order valence-electron chi connectivity index (χ2n) is 7.51. The summed E-state index contributed by atoms with van der Waals surface area (Å²) in [4.78, 5) is 13.8. The Morgan fingerprint density at radius 3 is 2.03 bits per heavy atom. The van der Waals surface area contributed by atoms with Crippen molar-refractivity contribution in [3.05, 3.63) is 120 Å². The fraction of sp³-hybridized carbons (Fsp3) is 0.0741. The lowest BCUT2D eigenvalue weighted by atomic mass is 9.70. The van der Waals surface area contributed by atoms with Crippen molar-refractivity contribution in [3.63, 3.8) is 0 Å². The van der Waals surface area contributed by atoms with Gasteiger partial charge in [0.05, 0.1) is 0 Å². The van der Waals surface area contributed by atoms with Gasteiger partial charge in [-0.15, -0.1) is 0 Å². The molecule has 1 N–H and O–H groups in total. The van der Waals surface area contributed by atoms with Crippen molar-refractivity contribution in [2.24, 2.45) is 0 Å². The van der Waals surface area contributed by atoms with E-state index < -0.39 is 5.41 Å². The molecule has 1 atom stereocenters. The van der Waals surface area contributed by atoms with Gasteiger partial charge in [0.15, 0.2) is 5.78 Å². The minimum Gasteiger partial charge on any atom is -0.508 e. The minimum atomic E-state index is -0.883. The fourth-order valence-electron chi connectivity index (χ4n) is 4.20. The first-order chi connectivity index (χ1) is 14.7. The van der Waals surface area contributed by atoms with Crippen LogP contribution >= 0.6 is 0 Å². The smallest absolute Gasteiger partial charge is 0.181 e. The molecule has 30 heavy (non-hydrogen) atoms. The summed E-state index contributed by atoms with van der Waals surface area (Å²) < 4.78 is 5.99. The Balaban J connectivity index is 1.63. The van der Waals surface area contributed by atoms with Crippen LogP contribution in [-0.2, 0) is 5.41 Å². The van der Waals surface area contributed by atoms with E-state index in [1.165, 1.54) is 0 Å². The second kappa shape index (κ2) is 7.20. The monoisotopic (exact) mass is 392 g/mol. The number of rotatable bonds is 4. The number of benzene rings is 4. The summed E-state index contributed by atoms with van der Waals surface area (Å²) in [5.74, 6) is 1.03. The van der Waals surface area contributed by atoms with E-state index in [4.69, 9.17) is 4.74 Å². The van der Waals surface area contributed by atoms with Gasteiger partial charge in [-0.3, -0.25) is 4.79 Å². The standard InChI is InChI=1S/C27H20O3/c28-23-16-12-20(13-17-23)19-10-14-22(15-11-19)27(26(29)21-6-2-1-3-7-21)18-30-25-9-5-4-8-24(25)27/h1-17,28H,18H2. The number of ketones is 1. The van der Waals surface area contributed by atoms with E-state index in [9.17, 15) is 9.90 Å². The SMILES string of the molecule is O=C(c1ccccc1)C1(c2ccc(-c3ccc(O)cc3)cc2)COc2ccccc21. The van der Waals surface area contributed by atoms with Gasteiger partial charge >= 0.3 is 0 Å². The van der Waals surface area contributed by atoms with Crippen LogP contribution in [0.25, 0.3) is 11.1 Å². The molecule has 0 fully saturated rings. The molecule has 0 aromatic heterocycles. The molecule has 0 saturated heterocycles. The molecule has 146 valence electrons. The Bertz CT molecular complexity index is 1200. The number of para-hydroxylation sites is 1. The first-order valence-electron chi connectivity index (χ1n) is 9.90. The van der Waals surface area contributed by atoms with Crippen LogP contribution in [0.3, 0.4) is 0 Å². The summed E-state index contributed by atoms with van der Waals surface area (Å²) in [6.07, 6.45) is 0. The quantitative estimate of drug-likeness (QED) is 0.459. The zero-order valence-electron chi connectivity index (χ0n) is 16.3. The van der Waals surface area contributed by atoms with Crippen LogP contribution in [0.15, 0.2) is 103 Å². The highest BCUT2D eigenvalue weighted by Gasteiger charge is 2.48. The minimum absolute atomic E-state index is 0.0328. The van der Waals surface area contributed by atoms with Gasteiger partial charge < -0.3 is 9.84 Å². The lowest BCUT2D eigenvalue weighted by Gasteiger charge is -2.27. The number of Topliss-reactive ketones (excluding diaryl/α,β-unsaturated/α-hetero) is 1. The predicted octanol–water partition coefficient (Wildman–Crippen LogP) is 5.62. The van der Waals surface area contributed by atoms with E-state index in [2.05, 4.69) is 0 Å². The molecular formula is C27H20O3. The lowest BCUT2D eigenvalue weighted by molar-refractivity contribution is 0.0892. The number of carbonyl (C=O) groups is 1. The molecule has 0 aliphatic carbocycles. The molecule has 1 heterocycles. The molecule has 3 nitrogen and oxygen atoms in total. The predicted molar refractivity (Wildman–Crippen MR) is 117 cm³/mol. The van der Waals surface area contributed by atoms with Gasteiger partial charge in [-0.2, -0.15) is 0 Å². The Hall–Kier alpha value is -3.85. The fourth-order valence-corrected chi connectivity index (χ4v) is 4.20. The number of hydrogen-bond acceptors (Lipinski definition) is 3. The average Bonchev–Trinajstić information content (AvgIpc) is 3.20. The topological polar surface area (TPSA) is 46.5 Å². The molecule has 0 spiro atoms. The van der Waals surface area contributed by atoms with E-state index in [0.29, 0.717) is 5.56 Å². The van der Waals surface area contributed by atoms with Crippen LogP contribution in [0.5, 0.6) is 11.5 Å². The Kier molecular flexibility index (Phi) is 4.36. The Labute approximate surface area is 175 Å². The lowest BCUT2D eigenvalue weighted by Crippen LogP contribution is -2.39. The number of hydrogen-bond donors (Lipinski definition) is 1. The molecular weight excluding hydrogens is 372 g/mol. The first-order valence-corrected chi connectivity index (χ1v) is 9.90. The van der Waals surface area contributed by atoms with Crippen LogP contribution in [0.1, 0.15) is 21.5 Å². The molecule has 0 amide bonds. The van der Waals surface area contributed by atoms with Crippen LogP contribution in [-0.4, -0.2) is 17.5 Å². The molecule has 3 heteroatoms. The summed E-state index contributed by atoms with van der Waals surface area (Å²) in [6, 6.07) is 32.3. The summed E-state index contributed by atoms with van der Waals surface area (Å²) in [5, 5.41) is 9.54. The molecule has 0 bridgehead atoms. The number of ether oxygens (including phenoxy) is 1. The average molecular weight is 392 g/mol. The van der Waals surface area contributed by atoms with Crippen molar-refractivity contribution < 1.29 is 14.6 Å². The largest absolute Gasteiger partial charge is 0.508 e. The molecule has 1 unspecified atom stereocenters. The third-order valence-electron chi connectivity index (χ3n) is 5.79. The molecule has 0 saturated carbocycles. The number of aromatic hydroxyl groups is 1. The van der Waals surface area contributed by atoms with Crippen LogP contribution in [0.4, 0.5) is 0 Å². The Morgan fingerprint density at radius 1 is 0.733 bits per heavy atom. The number of fused-ring (bicyclic) bond motifs is 1. The highest BCUT2D eigenvalue weighted by molar-refractivity contribution is 6.07. The van der Waals surface area contributed by atoms with E-state index in [0.717, 1.165) is 28.0 Å². The van der Waals surface area contributed by atoms with Gasteiger partial charge in [0, 0.05) is 11.1 Å². The van der Waals surface area contributed by atoms with E-state index >= 15 is 0 Å². The zero-order chi connectivity index (χ0) is 20.6. The van der Waals surface area contributed by atoms with Crippen molar-refractivity contribution in [2.45, 2.75) is 5.41 Å². The molecule has 4 aromatic carbocycles. The zero-order valence-corrected chi connectivity index (χ0v) is 16.3. The Morgan fingerprint density at radius 2 is 1.33 bits per heavy atom. The van der Waals surface area contributed by atoms with Gasteiger partial charge in [0.1, 0.15) is 23.5 Å². The van der Waals surface area contributed by atoms with Gasteiger partial charge in [0.25, 0.3) is 0 Å². The van der Waals surface area contributed by atoms with Gasteiger partial charge in [-0.1, -0.05) is 84.9 Å². The van der Waals surface area contributed by atoms with Crippen molar-refractivity contribution in [3.8, 4) is 22.6 Å². The third-order valence-corrected chi connectivity index (χ3v) is 5.79.